The predicted molar refractivity (Wildman–Crippen MR) is 163 cm³/mol. The van der Waals surface area contributed by atoms with Crippen LogP contribution in [0, 0.1) is 0 Å². The molecule has 5 rings (SSSR count). The molecule has 1 unspecified atom stereocenters. The molecule has 1 fully saturated rings. The van der Waals surface area contributed by atoms with Crippen LogP contribution in [0.5, 0.6) is 17.2 Å². The number of amides is 2. The maximum Gasteiger partial charge on any atom is 0.573 e. The van der Waals surface area contributed by atoms with Crippen LogP contribution in [0.15, 0.2) is 59.5 Å². The maximum absolute atomic E-state index is 15.5. The number of hydrogen-bond donors (Lipinski definition) is 0. The Bertz CT molecular complexity index is 1960. The SMILES string of the molecule is COc1ccc(S(=O)(=O)N2C(=O)C(c3ccccc3OC(F)(F)F)(N3C[C@H](F)C[C@H]3C(=O)N(C)C)c3cc(Cl)c(C(F)(F)F)cc32)c(OC)c1. The average Bonchev–Trinajstić information content (AvgIpc) is 3.53. The van der Waals surface area contributed by atoms with E-state index in [1.165, 1.54) is 21.2 Å². The lowest BCUT2D eigenvalue weighted by Crippen LogP contribution is -2.59. The Morgan fingerprint density at radius 3 is 2.20 bits per heavy atom. The zero-order chi connectivity index (χ0) is 37.1. The predicted octanol–water partition coefficient (Wildman–Crippen LogP) is 5.75. The van der Waals surface area contributed by atoms with Gasteiger partial charge in [0.15, 0.2) is 5.54 Å². The lowest BCUT2D eigenvalue weighted by Gasteiger charge is -2.42. The second-order valence-corrected chi connectivity index (χ2v) is 13.6. The number of alkyl halides is 7. The van der Waals surface area contributed by atoms with Crippen molar-refractivity contribution < 1.29 is 63.0 Å². The number of rotatable bonds is 8. The Labute approximate surface area is 285 Å². The molecular formula is C31H27ClF7N3O7S. The maximum atomic E-state index is 15.5. The van der Waals surface area contributed by atoms with Crippen molar-refractivity contribution in [3.8, 4) is 17.2 Å². The molecule has 3 aromatic carbocycles. The first-order valence-electron chi connectivity index (χ1n) is 14.4. The lowest BCUT2D eigenvalue weighted by molar-refractivity contribution is -0.275. The quantitative estimate of drug-likeness (QED) is 0.268. The van der Waals surface area contributed by atoms with E-state index >= 15 is 9.18 Å². The number of likely N-dealkylation sites (tertiary alicyclic amines) is 1. The number of halogens is 8. The number of carbonyl (C=O) groups excluding carboxylic acids is 2. The van der Waals surface area contributed by atoms with E-state index in [2.05, 4.69) is 4.74 Å². The number of anilines is 1. The Hall–Kier alpha value is -4.29. The number of fused-ring (bicyclic) bond motifs is 1. The molecule has 0 spiro atoms. The van der Waals surface area contributed by atoms with Crippen molar-refractivity contribution in [3.05, 3.63) is 76.3 Å². The zero-order valence-corrected chi connectivity index (χ0v) is 28.0. The van der Waals surface area contributed by atoms with Gasteiger partial charge in [0, 0.05) is 44.3 Å². The van der Waals surface area contributed by atoms with Gasteiger partial charge < -0.3 is 19.1 Å². The third-order valence-corrected chi connectivity index (χ3v) is 10.3. The summed E-state index contributed by atoms with van der Waals surface area (Å²) >= 11 is 6.13. The molecule has 19 heteroatoms. The van der Waals surface area contributed by atoms with Crippen LogP contribution < -0.4 is 18.5 Å². The van der Waals surface area contributed by atoms with Gasteiger partial charge in [0.1, 0.15) is 28.3 Å². The lowest BCUT2D eigenvalue weighted by atomic mass is 9.80. The molecule has 0 N–H and O–H groups in total. The van der Waals surface area contributed by atoms with Crippen LogP contribution in [0.3, 0.4) is 0 Å². The molecule has 2 heterocycles. The molecule has 0 aliphatic carbocycles. The number of para-hydroxylation sites is 1. The van der Waals surface area contributed by atoms with E-state index in [1.54, 1.807) is 0 Å². The Morgan fingerprint density at radius 1 is 0.960 bits per heavy atom. The minimum Gasteiger partial charge on any atom is -0.497 e. The van der Waals surface area contributed by atoms with Crippen LogP contribution in [0.2, 0.25) is 5.02 Å². The summed E-state index contributed by atoms with van der Waals surface area (Å²) in [6.45, 7) is -0.853. The molecule has 50 heavy (non-hydrogen) atoms. The van der Waals surface area contributed by atoms with E-state index in [-0.39, 0.29) is 16.1 Å². The van der Waals surface area contributed by atoms with Crippen LogP contribution in [0.1, 0.15) is 23.1 Å². The Morgan fingerprint density at radius 2 is 1.62 bits per heavy atom. The molecule has 1 saturated heterocycles. The molecule has 3 aromatic rings. The van der Waals surface area contributed by atoms with Gasteiger partial charge in [0.2, 0.25) is 5.91 Å². The molecule has 0 saturated carbocycles. The summed E-state index contributed by atoms with van der Waals surface area (Å²) in [6.07, 6.45) is -13.2. The Balaban J connectivity index is 1.96. The number of ether oxygens (including phenoxy) is 3. The number of likely N-dealkylation sites (N-methyl/N-ethyl adjacent to an activating group) is 1. The largest absolute Gasteiger partial charge is 0.573 e. The number of nitrogens with zero attached hydrogens (tertiary/aromatic N) is 3. The van der Waals surface area contributed by atoms with Crippen molar-refractivity contribution in [1.29, 1.82) is 0 Å². The van der Waals surface area contributed by atoms with Crippen LogP contribution in [0.25, 0.3) is 0 Å². The summed E-state index contributed by atoms with van der Waals surface area (Å²) in [5.74, 6) is -3.94. The van der Waals surface area contributed by atoms with E-state index in [4.69, 9.17) is 21.1 Å². The zero-order valence-electron chi connectivity index (χ0n) is 26.4. The van der Waals surface area contributed by atoms with Gasteiger partial charge in [-0.25, -0.2) is 17.1 Å². The van der Waals surface area contributed by atoms with Crippen molar-refractivity contribution in [2.24, 2.45) is 0 Å². The first-order valence-corrected chi connectivity index (χ1v) is 16.2. The van der Waals surface area contributed by atoms with Gasteiger partial charge >= 0.3 is 12.5 Å². The highest BCUT2D eigenvalue weighted by Crippen LogP contribution is 2.57. The summed E-state index contributed by atoms with van der Waals surface area (Å²) in [6, 6.07) is 6.32. The number of benzene rings is 3. The highest BCUT2D eigenvalue weighted by atomic mass is 35.5. The summed E-state index contributed by atoms with van der Waals surface area (Å²) in [5, 5.41) is -1.07. The summed E-state index contributed by atoms with van der Waals surface area (Å²) < 4.78 is 144. The fourth-order valence-corrected chi connectivity index (χ4v) is 8.16. The van der Waals surface area contributed by atoms with Gasteiger partial charge in [0.05, 0.1) is 36.5 Å². The van der Waals surface area contributed by atoms with Gasteiger partial charge in [0.25, 0.3) is 15.9 Å². The second kappa shape index (κ2) is 12.8. The van der Waals surface area contributed by atoms with Gasteiger partial charge in [-0.2, -0.15) is 13.2 Å². The van der Waals surface area contributed by atoms with Gasteiger partial charge in [-0.05, 0) is 30.3 Å². The second-order valence-electron chi connectivity index (χ2n) is 11.4. The third-order valence-electron chi connectivity index (χ3n) is 8.29. The van der Waals surface area contributed by atoms with Gasteiger partial charge in [-0.3, -0.25) is 14.5 Å². The van der Waals surface area contributed by atoms with Crippen molar-refractivity contribution in [2.45, 2.75) is 41.6 Å². The smallest absolute Gasteiger partial charge is 0.497 e. The fourth-order valence-electron chi connectivity index (χ4n) is 6.29. The number of hydrogen-bond acceptors (Lipinski definition) is 8. The monoisotopic (exact) mass is 753 g/mol. The number of carbonyl (C=O) groups is 2. The van der Waals surface area contributed by atoms with E-state index in [0.717, 1.165) is 59.4 Å². The van der Waals surface area contributed by atoms with E-state index < -0.39 is 109 Å². The van der Waals surface area contributed by atoms with Crippen molar-refractivity contribution in [1.82, 2.24) is 9.80 Å². The number of sulfonamides is 1. The molecule has 2 aliphatic rings. The molecule has 3 atom stereocenters. The van der Waals surface area contributed by atoms with Gasteiger partial charge in [-0.1, -0.05) is 29.8 Å². The summed E-state index contributed by atoms with van der Waals surface area (Å²) in [4.78, 5) is 29.8. The minimum absolute atomic E-state index is 0.0364. The van der Waals surface area contributed by atoms with Crippen LogP contribution >= 0.6 is 11.6 Å². The normalized spacial score (nSPS) is 21.3. The van der Waals surface area contributed by atoms with Crippen LogP contribution in [-0.2, 0) is 31.3 Å². The molecule has 2 aliphatic heterocycles. The first-order chi connectivity index (χ1) is 23.2. The van der Waals surface area contributed by atoms with Crippen molar-refractivity contribution in [2.75, 3.05) is 39.2 Å². The van der Waals surface area contributed by atoms with Crippen LogP contribution in [-0.4, -0.2) is 83.5 Å². The summed E-state index contributed by atoms with van der Waals surface area (Å²) in [5.41, 5.74) is -6.99. The Kier molecular flexibility index (Phi) is 9.46. The van der Waals surface area contributed by atoms with Crippen LogP contribution in [0.4, 0.5) is 36.4 Å². The van der Waals surface area contributed by atoms with Crippen molar-refractivity contribution in [3.63, 3.8) is 0 Å². The molecule has 0 bridgehead atoms. The topological polar surface area (TPSA) is 106 Å². The molecule has 0 radical (unpaired) electrons. The summed E-state index contributed by atoms with van der Waals surface area (Å²) in [7, 11) is -0.480. The average molecular weight is 754 g/mol. The van der Waals surface area contributed by atoms with E-state index in [1.807, 2.05) is 0 Å². The molecule has 0 aromatic heterocycles. The van der Waals surface area contributed by atoms with E-state index in [9.17, 15) is 39.6 Å². The minimum atomic E-state index is -5.41. The molecule has 10 nitrogen and oxygen atoms in total. The van der Waals surface area contributed by atoms with E-state index in [0.29, 0.717) is 6.07 Å². The third kappa shape index (κ3) is 6.06. The first kappa shape index (κ1) is 37.0. The molecule has 270 valence electrons. The number of methoxy groups -OCH3 is 2. The molecule has 2 amide bonds. The highest BCUT2D eigenvalue weighted by molar-refractivity contribution is 7.93. The molecular weight excluding hydrogens is 727 g/mol. The van der Waals surface area contributed by atoms with Gasteiger partial charge in [-0.15, -0.1) is 13.2 Å². The van der Waals surface area contributed by atoms with Crippen molar-refractivity contribution >= 4 is 39.1 Å². The standard InChI is InChI=1S/C31H27ClF7N3O7S/c1-40(2)27(43)23-11-16(33)15-41(23)29(18-7-5-6-8-24(18)49-31(37,38)39)20-13-21(32)19(30(34,35)36)14-22(20)42(28(29)44)50(45,46)26-10-9-17(47-3)12-25(26)48-4/h5-10,12-14,16,23H,11,15H2,1-4H3/t16-,23+,29?/m1/s1. The fraction of sp³-hybridized carbons (Fsp3) is 0.355. The highest BCUT2D eigenvalue weighted by Gasteiger charge is 2.65.